The highest BCUT2D eigenvalue weighted by atomic mass is 16.8. The lowest BCUT2D eigenvalue weighted by atomic mass is 9.85. The maximum absolute atomic E-state index is 11.5. The summed E-state index contributed by atoms with van der Waals surface area (Å²) in [6.07, 6.45) is -2.80. The first-order valence-corrected chi connectivity index (χ1v) is 8.94. The van der Waals surface area contributed by atoms with E-state index in [0.717, 1.165) is 0 Å². The standard InChI is InChI=1S/C17H26O11/c1-8(19)27-15(2)5-3-9-4-6-25-13(10(9)15)26-14-11(20)12(21)17(23,24)16(22,7-18)28-14/h4,6,9-14,18,20-24H,3,5,7H2,1-2H3/t9-,10+,11+,12+,13?,14-,15-,16+/m0/s1. The van der Waals surface area contributed by atoms with Gasteiger partial charge in [-0.15, -0.1) is 0 Å². The van der Waals surface area contributed by atoms with Gasteiger partial charge in [-0.25, -0.2) is 0 Å². The lowest BCUT2D eigenvalue weighted by Crippen LogP contribution is -2.74. The number of ether oxygens (including phenoxy) is 4. The number of allylic oxidation sites excluding steroid dienone is 1. The molecule has 2 heterocycles. The van der Waals surface area contributed by atoms with Crippen LogP contribution in [-0.4, -0.2) is 85.2 Å². The van der Waals surface area contributed by atoms with E-state index in [9.17, 15) is 35.4 Å². The number of aliphatic hydroxyl groups is 6. The van der Waals surface area contributed by atoms with Crippen LogP contribution in [0.15, 0.2) is 12.3 Å². The minimum atomic E-state index is -3.35. The van der Waals surface area contributed by atoms with Gasteiger partial charge in [0.1, 0.15) is 24.4 Å². The molecule has 3 aliphatic rings. The van der Waals surface area contributed by atoms with Crippen molar-refractivity contribution in [2.24, 2.45) is 11.8 Å². The molecule has 0 bridgehead atoms. The minimum absolute atomic E-state index is 0.0692. The van der Waals surface area contributed by atoms with Gasteiger partial charge in [0.2, 0.25) is 12.1 Å². The Kier molecular flexibility index (Phi) is 5.49. The van der Waals surface area contributed by atoms with Gasteiger partial charge in [0.25, 0.3) is 5.79 Å². The third-order valence-electron chi connectivity index (χ3n) is 5.73. The van der Waals surface area contributed by atoms with Gasteiger partial charge in [-0.2, -0.15) is 0 Å². The Hall–Kier alpha value is -1.31. The number of hydrogen-bond acceptors (Lipinski definition) is 11. The fraction of sp³-hybridized carbons (Fsp3) is 0.824. The van der Waals surface area contributed by atoms with Crippen molar-refractivity contribution >= 4 is 5.97 Å². The molecule has 28 heavy (non-hydrogen) atoms. The SMILES string of the molecule is CC(=O)O[C@@]1(C)CC[C@H]2C=COC(O[C@H]3O[C@](O)(CO)C(O)(O)[C@H](O)[C@H]3O)[C@@H]21. The van der Waals surface area contributed by atoms with Gasteiger partial charge in [0.15, 0.2) is 6.29 Å². The van der Waals surface area contributed by atoms with Gasteiger partial charge in [-0.05, 0) is 31.8 Å². The predicted molar refractivity (Wildman–Crippen MR) is 87.6 cm³/mol. The average molecular weight is 406 g/mol. The summed E-state index contributed by atoms with van der Waals surface area (Å²) < 4.78 is 21.5. The lowest BCUT2D eigenvalue weighted by Gasteiger charge is -2.50. The summed E-state index contributed by atoms with van der Waals surface area (Å²) in [5.41, 5.74) is -0.935. The molecule has 1 saturated heterocycles. The molecule has 0 aromatic heterocycles. The summed E-state index contributed by atoms with van der Waals surface area (Å²) in [4.78, 5) is 11.5. The molecule has 11 heteroatoms. The minimum Gasteiger partial charge on any atom is -0.472 e. The zero-order chi connectivity index (χ0) is 20.9. The molecule has 0 spiro atoms. The van der Waals surface area contributed by atoms with Crippen LogP contribution < -0.4 is 0 Å². The molecular weight excluding hydrogens is 380 g/mol. The molecule has 6 N–H and O–H groups in total. The second-order valence-electron chi connectivity index (χ2n) is 7.69. The van der Waals surface area contributed by atoms with Gasteiger partial charge in [0.05, 0.1) is 12.2 Å². The molecular formula is C17H26O11. The topological polar surface area (TPSA) is 175 Å². The van der Waals surface area contributed by atoms with E-state index >= 15 is 0 Å². The first-order valence-electron chi connectivity index (χ1n) is 8.94. The van der Waals surface area contributed by atoms with Crippen LogP contribution >= 0.6 is 0 Å². The maximum atomic E-state index is 11.5. The van der Waals surface area contributed by atoms with E-state index in [-0.39, 0.29) is 5.92 Å². The summed E-state index contributed by atoms with van der Waals surface area (Å²) in [6, 6.07) is 0. The van der Waals surface area contributed by atoms with Gasteiger partial charge in [0, 0.05) is 6.92 Å². The molecule has 1 aliphatic carbocycles. The number of aliphatic hydroxyl groups excluding tert-OH is 3. The van der Waals surface area contributed by atoms with E-state index in [1.54, 1.807) is 13.0 Å². The normalized spacial score (nSPS) is 47.3. The van der Waals surface area contributed by atoms with E-state index < -0.39 is 60.5 Å². The summed E-state index contributed by atoms with van der Waals surface area (Å²) >= 11 is 0. The van der Waals surface area contributed by atoms with E-state index in [1.165, 1.54) is 13.2 Å². The van der Waals surface area contributed by atoms with Crippen molar-refractivity contribution in [2.75, 3.05) is 6.61 Å². The number of rotatable bonds is 4. The summed E-state index contributed by atoms with van der Waals surface area (Å²) in [6.45, 7) is 1.70. The molecule has 3 rings (SSSR count). The third-order valence-corrected chi connectivity index (χ3v) is 5.73. The monoisotopic (exact) mass is 406 g/mol. The van der Waals surface area contributed by atoms with Crippen LogP contribution in [-0.2, 0) is 23.7 Å². The number of carbonyl (C=O) groups is 1. The van der Waals surface area contributed by atoms with Crippen molar-refractivity contribution in [3.05, 3.63) is 12.3 Å². The Morgan fingerprint density at radius 3 is 2.54 bits per heavy atom. The number of carbonyl (C=O) groups excluding carboxylic acids is 1. The van der Waals surface area contributed by atoms with Crippen molar-refractivity contribution in [2.45, 2.75) is 68.7 Å². The van der Waals surface area contributed by atoms with Crippen LogP contribution in [0.4, 0.5) is 0 Å². The molecule has 2 fully saturated rings. The number of esters is 1. The largest absolute Gasteiger partial charge is 0.472 e. The molecule has 0 aromatic rings. The van der Waals surface area contributed by atoms with Crippen LogP contribution in [0.2, 0.25) is 0 Å². The second-order valence-corrected chi connectivity index (χ2v) is 7.69. The van der Waals surface area contributed by atoms with E-state index in [0.29, 0.717) is 12.8 Å². The zero-order valence-corrected chi connectivity index (χ0v) is 15.5. The number of fused-ring (bicyclic) bond motifs is 1. The Labute approximate surface area is 160 Å². The van der Waals surface area contributed by atoms with E-state index in [1.807, 2.05) is 0 Å². The third kappa shape index (κ3) is 3.31. The van der Waals surface area contributed by atoms with E-state index in [4.69, 9.17) is 18.9 Å². The summed E-state index contributed by atoms with van der Waals surface area (Å²) in [7, 11) is 0. The Balaban J connectivity index is 1.83. The fourth-order valence-corrected chi connectivity index (χ4v) is 4.19. The van der Waals surface area contributed by atoms with Gasteiger partial charge < -0.3 is 49.6 Å². The summed E-state index contributed by atoms with van der Waals surface area (Å²) in [5, 5.41) is 59.3. The lowest BCUT2D eigenvalue weighted by molar-refractivity contribution is -0.485. The van der Waals surface area contributed by atoms with Crippen molar-refractivity contribution in [3.63, 3.8) is 0 Å². The molecule has 0 aromatic carbocycles. The first kappa shape index (κ1) is 21.4. The maximum Gasteiger partial charge on any atom is 0.303 e. The van der Waals surface area contributed by atoms with Crippen molar-refractivity contribution in [1.82, 2.24) is 0 Å². The molecule has 11 nitrogen and oxygen atoms in total. The predicted octanol–water partition coefficient (Wildman–Crippen LogP) is -2.34. The van der Waals surface area contributed by atoms with E-state index in [2.05, 4.69) is 0 Å². The quantitative estimate of drug-likeness (QED) is 0.218. The summed E-state index contributed by atoms with van der Waals surface area (Å²) in [5.74, 6) is -7.42. The second kappa shape index (κ2) is 7.18. The Morgan fingerprint density at radius 1 is 1.25 bits per heavy atom. The van der Waals surface area contributed by atoms with Gasteiger partial charge in [-0.1, -0.05) is 0 Å². The Morgan fingerprint density at radius 2 is 1.93 bits per heavy atom. The highest BCUT2D eigenvalue weighted by Gasteiger charge is 2.64. The van der Waals surface area contributed by atoms with Gasteiger partial charge in [-0.3, -0.25) is 4.79 Å². The smallest absolute Gasteiger partial charge is 0.303 e. The molecule has 0 amide bonds. The van der Waals surface area contributed by atoms with Crippen molar-refractivity contribution in [3.8, 4) is 0 Å². The van der Waals surface area contributed by atoms with Gasteiger partial charge >= 0.3 is 5.97 Å². The Bertz CT molecular complexity index is 637. The highest BCUT2D eigenvalue weighted by molar-refractivity contribution is 5.66. The zero-order valence-electron chi connectivity index (χ0n) is 15.5. The number of hydrogen-bond donors (Lipinski definition) is 6. The molecule has 8 atom stereocenters. The first-order chi connectivity index (χ1) is 12.9. The molecule has 1 unspecified atom stereocenters. The molecule has 0 radical (unpaired) electrons. The molecule has 2 aliphatic heterocycles. The molecule has 160 valence electrons. The van der Waals surface area contributed by atoms with Crippen LogP contribution in [0.5, 0.6) is 0 Å². The fourth-order valence-electron chi connectivity index (χ4n) is 4.19. The van der Waals surface area contributed by atoms with Crippen molar-refractivity contribution in [1.29, 1.82) is 0 Å². The average Bonchev–Trinajstić information content (AvgIpc) is 2.95. The van der Waals surface area contributed by atoms with Crippen molar-refractivity contribution < 1.29 is 54.4 Å². The van der Waals surface area contributed by atoms with Crippen LogP contribution in [0.3, 0.4) is 0 Å². The molecule has 1 saturated carbocycles. The highest BCUT2D eigenvalue weighted by Crippen LogP contribution is 2.49. The van der Waals surface area contributed by atoms with Crippen LogP contribution in [0.1, 0.15) is 26.7 Å². The van der Waals surface area contributed by atoms with Crippen LogP contribution in [0.25, 0.3) is 0 Å². The van der Waals surface area contributed by atoms with Crippen LogP contribution in [0, 0.1) is 11.8 Å².